The Bertz CT molecular complexity index is 772. The number of pyridine rings is 1. The number of halogens is 2. The molecule has 0 unspecified atom stereocenters. The van der Waals surface area contributed by atoms with Crippen LogP contribution in [-0.4, -0.2) is 17.1 Å². The average Bonchev–Trinajstić information content (AvgIpc) is 2.46. The van der Waals surface area contributed by atoms with Gasteiger partial charge in [0.25, 0.3) is 5.91 Å². The van der Waals surface area contributed by atoms with Crippen LogP contribution in [0.15, 0.2) is 35.3 Å². The van der Waals surface area contributed by atoms with E-state index < -0.39 is 5.91 Å². The largest absolute Gasteiger partial charge is 0.488 e. The van der Waals surface area contributed by atoms with Gasteiger partial charge in [-0.2, -0.15) is 0 Å². The van der Waals surface area contributed by atoms with Gasteiger partial charge >= 0.3 is 0 Å². The molecule has 1 N–H and O–H groups in total. The van der Waals surface area contributed by atoms with E-state index in [1.54, 1.807) is 26.1 Å². The van der Waals surface area contributed by atoms with Gasteiger partial charge in [-0.3, -0.25) is 9.59 Å². The maximum absolute atomic E-state index is 12.3. The Morgan fingerprint density at radius 2 is 2.00 bits per heavy atom. The van der Waals surface area contributed by atoms with Gasteiger partial charge in [-0.15, -0.1) is 0 Å². The molecule has 2 rings (SSSR count). The van der Waals surface area contributed by atoms with Crippen molar-refractivity contribution in [2.24, 2.45) is 7.05 Å². The number of rotatable bonds is 4. The predicted molar refractivity (Wildman–Crippen MR) is 87.3 cm³/mol. The molecule has 116 valence electrons. The molecule has 22 heavy (non-hydrogen) atoms. The molecule has 5 nitrogen and oxygen atoms in total. The van der Waals surface area contributed by atoms with Crippen LogP contribution in [0.1, 0.15) is 17.4 Å². The van der Waals surface area contributed by atoms with Crippen molar-refractivity contribution >= 4 is 34.8 Å². The number of nitrogens with one attached hydrogen (secondary N) is 1. The highest BCUT2D eigenvalue weighted by Gasteiger charge is 2.13. The number of aryl methyl sites for hydroxylation is 1. The Labute approximate surface area is 137 Å². The zero-order valence-corrected chi connectivity index (χ0v) is 13.5. The standard InChI is InChI=1S/C15H14Cl2N2O3/c1-3-22-14-8-19(2)12(7-13(14)20)15(21)18-9-4-5-10(16)11(17)6-9/h4-8H,3H2,1-2H3,(H,18,21). The molecule has 0 saturated carbocycles. The zero-order chi connectivity index (χ0) is 16.3. The summed E-state index contributed by atoms with van der Waals surface area (Å²) in [4.78, 5) is 24.1. The van der Waals surface area contributed by atoms with Gasteiger partial charge in [0, 0.05) is 18.8 Å². The number of aromatic nitrogens is 1. The summed E-state index contributed by atoms with van der Waals surface area (Å²) in [6.45, 7) is 2.16. The number of anilines is 1. The fourth-order valence-corrected chi connectivity index (χ4v) is 2.16. The predicted octanol–water partition coefficient (Wildman–Crippen LogP) is 3.34. The third-order valence-electron chi connectivity index (χ3n) is 2.91. The fraction of sp³-hybridized carbons (Fsp3) is 0.200. The number of benzene rings is 1. The van der Waals surface area contributed by atoms with Crippen molar-refractivity contribution < 1.29 is 9.53 Å². The van der Waals surface area contributed by atoms with Crippen LogP contribution < -0.4 is 15.5 Å². The lowest BCUT2D eigenvalue weighted by Crippen LogP contribution is -2.21. The molecule has 0 atom stereocenters. The van der Waals surface area contributed by atoms with E-state index in [9.17, 15) is 9.59 Å². The molecule has 7 heteroatoms. The van der Waals surface area contributed by atoms with Crippen molar-refractivity contribution in [3.8, 4) is 5.75 Å². The van der Waals surface area contributed by atoms with Crippen LogP contribution in [0.3, 0.4) is 0 Å². The van der Waals surface area contributed by atoms with Gasteiger partial charge in [0.05, 0.1) is 22.8 Å². The molecule has 2 aromatic rings. The first-order chi connectivity index (χ1) is 10.4. The first-order valence-corrected chi connectivity index (χ1v) is 7.28. The minimum Gasteiger partial charge on any atom is -0.488 e. The molecule has 0 radical (unpaired) electrons. The Morgan fingerprint density at radius 1 is 1.27 bits per heavy atom. The number of nitrogens with zero attached hydrogens (tertiary/aromatic N) is 1. The van der Waals surface area contributed by atoms with Crippen molar-refractivity contribution in [1.29, 1.82) is 0 Å². The maximum Gasteiger partial charge on any atom is 0.272 e. The summed E-state index contributed by atoms with van der Waals surface area (Å²) in [6.07, 6.45) is 1.48. The highest BCUT2D eigenvalue weighted by atomic mass is 35.5. The molecule has 0 bridgehead atoms. The van der Waals surface area contributed by atoms with Crippen LogP contribution in [0.2, 0.25) is 10.0 Å². The van der Waals surface area contributed by atoms with Crippen molar-refractivity contribution in [3.63, 3.8) is 0 Å². The van der Waals surface area contributed by atoms with Gasteiger partial charge in [0.2, 0.25) is 5.43 Å². The smallest absolute Gasteiger partial charge is 0.272 e. The number of carbonyl (C=O) groups excluding carboxylic acids is 1. The SMILES string of the molecule is CCOc1cn(C)c(C(=O)Nc2ccc(Cl)c(Cl)c2)cc1=O. The Balaban J connectivity index is 2.27. The second-order valence-corrected chi connectivity index (χ2v) is 5.33. The number of ether oxygens (including phenoxy) is 1. The van der Waals surface area contributed by atoms with E-state index >= 15 is 0 Å². The lowest BCUT2D eigenvalue weighted by atomic mass is 10.2. The molecule has 1 amide bonds. The normalized spacial score (nSPS) is 10.4. The van der Waals surface area contributed by atoms with Crippen LogP contribution in [0.5, 0.6) is 5.75 Å². The Morgan fingerprint density at radius 3 is 2.64 bits per heavy atom. The molecule has 0 fully saturated rings. The summed E-state index contributed by atoms with van der Waals surface area (Å²) in [6, 6.07) is 5.97. The molecule has 1 heterocycles. The van der Waals surface area contributed by atoms with E-state index in [0.29, 0.717) is 22.3 Å². The van der Waals surface area contributed by atoms with Gasteiger partial charge in [-0.25, -0.2) is 0 Å². The van der Waals surface area contributed by atoms with Crippen LogP contribution in [0.25, 0.3) is 0 Å². The highest BCUT2D eigenvalue weighted by molar-refractivity contribution is 6.42. The molecular formula is C15H14Cl2N2O3. The lowest BCUT2D eigenvalue weighted by Gasteiger charge is -2.11. The highest BCUT2D eigenvalue weighted by Crippen LogP contribution is 2.25. The van der Waals surface area contributed by atoms with Crippen LogP contribution >= 0.6 is 23.2 Å². The molecule has 0 saturated heterocycles. The van der Waals surface area contributed by atoms with Crippen molar-refractivity contribution in [1.82, 2.24) is 4.57 Å². The van der Waals surface area contributed by atoms with Crippen LogP contribution in [-0.2, 0) is 7.05 Å². The summed E-state index contributed by atoms with van der Waals surface area (Å²) in [5.74, 6) is -0.225. The molecule has 0 aliphatic rings. The van der Waals surface area contributed by atoms with E-state index in [-0.39, 0.29) is 16.9 Å². The molecule has 0 aliphatic carbocycles. The van der Waals surface area contributed by atoms with E-state index in [1.165, 1.54) is 22.9 Å². The first kappa shape index (κ1) is 16.4. The average molecular weight is 341 g/mol. The number of amides is 1. The summed E-state index contributed by atoms with van der Waals surface area (Å²) >= 11 is 11.7. The third-order valence-corrected chi connectivity index (χ3v) is 3.65. The maximum atomic E-state index is 12.3. The molecule has 1 aromatic carbocycles. The second kappa shape index (κ2) is 6.85. The Kier molecular flexibility index (Phi) is 5.11. The van der Waals surface area contributed by atoms with Crippen molar-refractivity contribution in [2.45, 2.75) is 6.92 Å². The van der Waals surface area contributed by atoms with Gasteiger partial charge in [0.15, 0.2) is 5.75 Å². The van der Waals surface area contributed by atoms with Crippen molar-refractivity contribution in [2.75, 3.05) is 11.9 Å². The minimum atomic E-state index is -0.430. The van der Waals surface area contributed by atoms with Crippen molar-refractivity contribution in [3.05, 3.63) is 56.4 Å². The number of carbonyl (C=O) groups is 1. The minimum absolute atomic E-state index is 0.205. The van der Waals surface area contributed by atoms with E-state index in [4.69, 9.17) is 27.9 Å². The summed E-state index contributed by atoms with van der Waals surface area (Å²) in [5.41, 5.74) is 0.347. The van der Waals surface area contributed by atoms with Gasteiger partial charge in [-0.05, 0) is 25.1 Å². The number of hydrogen-bond donors (Lipinski definition) is 1. The fourth-order valence-electron chi connectivity index (χ4n) is 1.86. The van der Waals surface area contributed by atoms with Crippen LogP contribution in [0.4, 0.5) is 5.69 Å². The molecule has 0 aliphatic heterocycles. The van der Waals surface area contributed by atoms with E-state index in [1.807, 2.05) is 0 Å². The van der Waals surface area contributed by atoms with Gasteiger partial charge in [-0.1, -0.05) is 23.2 Å². The molecule has 1 aromatic heterocycles. The number of hydrogen-bond acceptors (Lipinski definition) is 3. The topological polar surface area (TPSA) is 60.3 Å². The van der Waals surface area contributed by atoms with E-state index in [2.05, 4.69) is 5.32 Å². The van der Waals surface area contributed by atoms with Gasteiger partial charge < -0.3 is 14.6 Å². The molecular weight excluding hydrogens is 327 g/mol. The third kappa shape index (κ3) is 3.61. The second-order valence-electron chi connectivity index (χ2n) is 4.51. The van der Waals surface area contributed by atoms with E-state index in [0.717, 1.165) is 0 Å². The molecule has 0 spiro atoms. The monoisotopic (exact) mass is 340 g/mol. The van der Waals surface area contributed by atoms with Crippen LogP contribution in [0, 0.1) is 0 Å². The lowest BCUT2D eigenvalue weighted by molar-refractivity contribution is 0.101. The zero-order valence-electron chi connectivity index (χ0n) is 12.0. The summed E-state index contributed by atoms with van der Waals surface area (Å²) in [7, 11) is 1.66. The quantitative estimate of drug-likeness (QED) is 0.928. The summed E-state index contributed by atoms with van der Waals surface area (Å²) in [5, 5.41) is 3.39. The van der Waals surface area contributed by atoms with Gasteiger partial charge in [0.1, 0.15) is 5.69 Å². The summed E-state index contributed by atoms with van der Waals surface area (Å²) < 4.78 is 6.73. The Hall–Kier alpha value is -1.98. The first-order valence-electron chi connectivity index (χ1n) is 6.52.